The minimum atomic E-state index is -1.66. The maximum absolute atomic E-state index is 15.9. The van der Waals surface area contributed by atoms with Gasteiger partial charge in [0.05, 0.1) is 18.9 Å². The number of hydrogen-bond donors (Lipinski definition) is 4. The second kappa shape index (κ2) is 12.8. The lowest BCUT2D eigenvalue weighted by molar-refractivity contribution is -0.147. The molecular weight excluding hydrogens is 513 g/mol. The summed E-state index contributed by atoms with van der Waals surface area (Å²) in [7, 11) is 1.15. The second-order valence-corrected chi connectivity index (χ2v) is 10.5. The maximum Gasteiger partial charge on any atom is 0.407 e. The van der Waals surface area contributed by atoms with Gasteiger partial charge in [-0.1, -0.05) is 33.3 Å². The van der Waals surface area contributed by atoms with E-state index in [1.54, 1.807) is 32.0 Å². The standard InChI is InChI=1S/C28H37F3N4O4/c1-5-18-9-10-28(18,31)27(2,3)24(35-26(38)39-4)25(37)34-15-19(36)14-32-16-20-21(29)12-17(13-22(20)30)23-8-6-7-11-33-23/h6-8,11-13,18-19,24,32,36H,5,9-10,14-16H2,1-4H3,(H,34,37)(H,35,38)/t18?,19-,24+,28?/m0/s1. The Hall–Kier alpha value is -3.18. The Morgan fingerprint density at radius 2 is 1.92 bits per heavy atom. The van der Waals surface area contributed by atoms with E-state index in [4.69, 9.17) is 0 Å². The molecule has 2 amide bonds. The molecule has 0 bridgehead atoms. The van der Waals surface area contributed by atoms with Crippen molar-refractivity contribution in [3.8, 4) is 11.3 Å². The van der Waals surface area contributed by atoms with Crippen LogP contribution in [0.4, 0.5) is 18.0 Å². The van der Waals surface area contributed by atoms with Gasteiger partial charge in [-0.3, -0.25) is 9.78 Å². The van der Waals surface area contributed by atoms with Crippen molar-refractivity contribution in [2.24, 2.45) is 11.3 Å². The van der Waals surface area contributed by atoms with Crippen LogP contribution in [0.5, 0.6) is 0 Å². The van der Waals surface area contributed by atoms with Gasteiger partial charge in [0.1, 0.15) is 23.3 Å². The van der Waals surface area contributed by atoms with E-state index in [1.807, 2.05) is 6.92 Å². The minimum absolute atomic E-state index is 0.0927. The number of pyridine rings is 1. The molecule has 1 aliphatic carbocycles. The highest BCUT2D eigenvalue weighted by molar-refractivity contribution is 5.86. The zero-order valence-electron chi connectivity index (χ0n) is 22.7. The lowest BCUT2D eigenvalue weighted by Crippen LogP contribution is -2.66. The van der Waals surface area contributed by atoms with E-state index in [0.29, 0.717) is 24.1 Å². The van der Waals surface area contributed by atoms with Gasteiger partial charge in [0, 0.05) is 42.4 Å². The van der Waals surface area contributed by atoms with Crippen molar-refractivity contribution >= 4 is 12.0 Å². The molecule has 4 atom stereocenters. The van der Waals surface area contributed by atoms with Crippen LogP contribution in [0.3, 0.4) is 0 Å². The number of nitrogens with one attached hydrogen (secondary N) is 3. The lowest BCUT2D eigenvalue weighted by Gasteiger charge is -2.54. The summed E-state index contributed by atoms with van der Waals surface area (Å²) in [5.41, 5.74) is -2.38. The normalized spacial score (nSPS) is 20.5. The van der Waals surface area contributed by atoms with Crippen LogP contribution >= 0.6 is 0 Å². The number of carbonyl (C=O) groups is 2. The zero-order chi connectivity index (χ0) is 28.8. The maximum atomic E-state index is 15.9. The lowest BCUT2D eigenvalue weighted by atomic mass is 9.54. The van der Waals surface area contributed by atoms with Gasteiger partial charge in [0.25, 0.3) is 0 Å². The quantitative estimate of drug-likeness (QED) is 0.319. The van der Waals surface area contributed by atoms with Crippen LogP contribution in [0.25, 0.3) is 11.3 Å². The number of alkyl carbamates (subject to hydrolysis) is 1. The van der Waals surface area contributed by atoms with E-state index in [0.717, 1.165) is 7.11 Å². The van der Waals surface area contributed by atoms with Crippen LogP contribution in [0, 0.1) is 23.0 Å². The third-order valence-electron chi connectivity index (χ3n) is 7.79. The molecule has 39 heavy (non-hydrogen) atoms. The van der Waals surface area contributed by atoms with E-state index in [9.17, 15) is 23.5 Å². The Morgan fingerprint density at radius 3 is 2.46 bits per heavy atom. The van der Waals surface area contributed by atoms with Gasteiger partial charge in [0.2, 0.25) is 5.91 Å². The van der Waals surface area contributed by atoms with E-state index >= 15 is 4.39 Å². The molecule has 3 rings (SSSR count). The number of alkyl halides is 1. The number of nitrogens with zero attached hydrogens (tertiary/aromatic N) is 1. The highest BCUT2D eigenvalue weighted by Crippen LogP contribution is 2.56. The van der Waals surface area contributed by atoms with E-state index in [-0.39, 0.29) is 37.5 Å². The average molecular weight is 551 g/mol. The molecule has 1 aliphatic rings. The molecule has 11 heteroatoms. The van der Waals surface area contributed by atoms with E-state index < -0.39 is 46.9 Å². The Balaban J connectivity index is 1.57. The van der Waals surface area contributed by atoms with Gasteiger partial charge in [-0.25, -0.2) is 18.0 Å². The number of benzene rings is 1. The van der Waals surface area contributed by atoms with Gasteiger partial charge < -0.3 is 25.8 Å². The molecule has 4 N–H and O–H groups in total. The smallest absolute Gasteiger partial charge is 0.407 e. The first-order chi connectivity index (χ1) is 18.4. The molecule has 1 aromatic heterocycles. The molecule has 8 nitrogen and oxygen atoms in total. The number of ether oxygens (including phenoxy) is 1. The molecule has 2 aromatic rings. The van der Waals surface area contributed by atoms with E-state index in [2.05, 4.69) is 25.7 Å². The molecule has 0 spiro atoms. The second-order valence-electron chi connectivity index (χ2n) is 10.5. The van der Waals surface area contributed by atoms with Crippen molar-refractivity contribution in [3.63, 3.8) is 0 Å². The van der Waals surface area contributed by atoms with Crippen LogP contribution in [0.15, 0.2) is 36.5 Å². The molecule has 0 aliphatic heterocycles. The van der Waals surface area contributed by atoms with Crippen LogP contribution < -0.4 is 16.0 Å². The number of rotatable bonds is 12. The van der Waals surface area contributed by atoms with E-state index in [1.165, 1.54) is 18.3 Å². The van der Waals surface area contributed by atoms with Crippen molar-refractivity contribution in [1.29, 1.82) is 0 Å². The summed E-state index contributed by atoms with van der Waals surface area (Å²) in [6.07, 6.45) is 1.10. The SMILES string of the molecule is CCC1CCC1(F)C(C)(C)[C@H](NC(=O)OC)C(=O)NC[C@@H](O)CNCc1c(F)cc(-c2ccccn2)cc1F. The predicted octanol–water partition coefficient (Wildman–Crippen LogP) is 3.87. The molecule has 214 valence electrons. The fraction of sp³-hybridized carbons (Fsp3) is 0.536. The van der Waals surface area contributed by atoms with Crippen molar-refractivity contribution in [3.05, 3.63) is 53.7 Å². The molecular formula is C28H37F3N4O4. The monoisotopic (exact) mass is 550 g/mol. The molecule has 1 saturated carbocycles. The van der Waals surface area contributed by atoms with Crippen LogP contribution in [-0.4, -0.2) is 60.1 Å². The first-order valence-electron chi connectivity index (χ1n) is 13.0. The Kier molecular flexibility index (Phi) is 9.95. The Bertz CT molecular complexity index is 1130. The van der Waals surface area contributed by atoms with Crippen molar-refractivity contribution in [2.45, 2.75) is 64.4 Å². The fourth-order valence-corrected chi connectivity index (χ4v) is 5.18. The number of aromatic nitrogens is 1. The summed E-state index contributed by atoms with van der Waals surface area (Å²) in [4.78, 5) is 29.1. The minimum Gasteiger partial charge on any atom is -0.453 e. The summed E-state index contributed by atoms with van der Waals surface area (Å²) in [6, 6.07) is 6.19. The highest BCUT2D eigenvalue weighted by Gasteiger charge is 2.61. The third kappa shape index (κ3) is 6.70. The molecule has 1 fully saturated rings. The predicted molar refractivity (Wildman–Crippen MR) is 140 cm³/mol. The topological polar surface area (TPSA) is 113 Å². The highest BCUT2D eigenvalue weighted by atomic mass is 19.1. The number of aliphatic hydroxyl groups excluding tert-OH is 1. The Labute approximate surface area is 226 Å². The molecule has 1 aromatic carbocycles. The molecule has 0 saturated heterocycles. The van der Waals surface area contributed by atoms with Crippen molar-refractivity contribution < 1.29 is 32.6 Å². The van der Waals surface area contributed by atoms with Crippen LogP contribution in [-0.2, 0) is 16.1 Å². The molecule has 1 heterocycles. The van der Waals surface area contributed by atoms with Crippen molar-refractivity contribution in [2.75, 3.05) is 20.2 Å². The van der Waals surface area contributed by atoms with Crippen LogP contribution in [0.1, 0.15) is 45.6 Å². The zero-order valence-corrected chi connectivity index (χ0v) is 22.7. The number of hydrogen-bond acceptors (Lipinski definition) is 6. The fourth-order valence-electron chi connectivity index (χ4n) is 5.18. The van der Waals surface area contributed by atoms with Crippen molar-refractivity contribution in [1.82, 2.24) is 20.9 Å². The molecule has 2 unspecified atom stereocenters. The largest absolute Gasteiger partial charge is 0.453 e. The first kappa shape index (κ1) is 30.4. The van der Waals surface area contributed by atoms with Gasteiger partial charge >= 0.3 is 6.09 Å². The number of aliphatic hydroxyl groups is 1. The van der Waals surface area contributed by atoms with Gasteiger partial charge in [0.15, 0.2) is 0 Å². The number of methoxy groups -OCH3 is 1. The summed E-state index contributed by atoms with van der Waals surface area (Å²) in [5, 5.41) is 18.1. The summed E-state index contributed by atoms with van der Waals surface area (Å²) < 4.78 is 49.7. The molecule has 0 radical (unpaired) electrons. The summed E-state index contributed by atoms with van der Waals surface area (Å²) in [5.74, 6) is -2.43. The number of amides is 2. The van der Waals surface area contributed by atoms with Gasteiger partial charge in [-0.15, -0.1) is 0 Å². The number of carbonyl (C=O) groups excluding carboxylic acids is 2. The van der Waals surface area contributed by atoms with Crippen LogP contribution in [0.2, 0.25) is 0 Å². The summed E-state index contributed by atoms with van der Waals surface area (Å²) >= 11 is 0. The Morgan fingerprint density at radius 1 is 1.23 bits per heavy atom. The van der Waals surface area contributed by atoms with Gasteiger partial charge in [-0.05, 0) is 43.0 Å². The van der Waals surface area contributed by atoms with Gasteiger partial charge in [-0.2, -0.15) is 0 Å². The first-order valence-corrected chi connectivity index (χ1v) is 13.0. The third-order valence-corrected chi connectivity index (χ3v) is 7.79. The average Bonchev–Trinajstić information content (AvgIpc) is 2.91. The number of halogens is 3. The summed E-state index contributed by atoms with van der Waals surface area (Å²) in [6.45, 7) is 4.54.